The molecule has 1 aliphatic carbocycles. The number of fused-ring (bicyclic) bond motifs is 3. The molecule has 0 unspecified atom stereocenters. The van der Waals surface area contributed by atoms with Crippen LogP contribution in [0.25, 0.3) is 0 Å². The number of benzene rings is 4. The van der Waals surface area contributed by atoms with Crippen LogP contribution in [0.2, 0.25) is 5.02 Å². The van der Waals surface area contributed by atoms with E-state index in [2.05, 4.69) is 66.0 Å². The van der Waals surface area contributed by atoms with Gasteiger partial charge in [-0.15, -0.1) is 0 Å². The molecule has 0 amide bonds. The predicted molar refractivity (Wildman–Crippen MR) is 149 cm³/mol. The Morgan fingerprint density at radius 3 is 2.53 bits per heavy atom. The number of ether oxygens (including phenoxy) is 1. The monoisotopic (exact) mass is 490 g/mol. The minimum Gasteiger partial charge on any atom is -0.488 e. The minimum atomic E-state index is 0.292. The fourth-order valence-corrected chi connectivity index (χ4v) is 5.37. The van der Waals surface area contributed by atoms with Gasteiger partial charge < -0.3 is 10.1 Å². The molecule has 0 aromatic heterocycles. The van der Waals surface area contributed by atoms with Gasteiger partial charge in [0, 0.05) is 28.4 Å². The number of allylic oxidation sites excluding steroid dienone is 2. The van der Waals surface area contributed by atoms with E-state index in [1.54, 1.807) is 0 Å². The summed E-state index contributed by atoms with van der Waals surface area (Å²) in [4.78, 5) is 4.74. The lowest BCUT2D eigenvalue weighted by molar-refractivity contribution is 0.306. The molecule has 1 N–H and O–H groups in total. The van der Waals surface area contributed by atoms with Crippen molar-refractivity contribution in [1.82, 2.24) is 0 Å². The van der Waals surface area contributed by atoms with Gasteiger partial charge in [-0.05, 0) is 71.5 Å². The van der Waals surface area contributed by atoms with E-state index < -0.39 is 0 Å². The van der Waals surface area contributed by atoms with E-state index in [1.165, 1.54) is 16.8 Å². The lowest BCUT2D eigenvalue weighted by Crippen LogP contribution is -2.28. The lowest BCUT2D eigenvalue weighted by Gasteiger charge is -2.37. The van der Waals surface area contributed by atoms with E-state index >= 15 is 0 Å². The molecule has 3 atom stereocenters. The Kier molecular flexibility index (Phi) is 6.31. The van der Waals surface area contributed by atoms with Crippen LogP contribution < -0.4 is 10.1 Å². The van der Waals surface area contributed by atoms with Crippen molar-refractivity contribution in [1.29, 1.82) is 0 Å². The van der Waals surface area contributed by atoms with Crippen LogP contribution >= 0.6 is 11.6 Å². The predicted octanol–water partition coefficient (Wildman–Crippen LogP) is 8.50. The number of nitrogens with zero attached hydrogens (tertiary/aromatic N) is 1. The average Bonchev–Trinajstić information content (AvgIpc) is 3.42. The van der Waals surface area contributed by atoms with Crippen molar-refractivity contribution in [2.45, 2.75) is 25.0 Å². The molecule has 1 aliphatic heterocycles. The topological polar surface area (TPSA) is 33.6 Å². The van der Waals surface area contributed by atoms with Gasteiger partial charge in [0.15, 0.2) is 0 Å². The van der Waals surface area contributed by atoms with Gasteiger partial charge >= 0.3 is 0 Å². The SMILES string of the molecule is Clc1ccc(COc2ccccc2C=Nc2ccc([C@@H]3Nc4ccccc4[C@H]4C=CC[C@H]43)cc2)cc1. The van der Waals surface area contributed by atoms with Gasteiger partial charge in [0.05, 0.1) is 11.7 Å². The zero-order chi connectivity index (χ0) is 24.3. The van der Waals surface area contributed by atoms with Gasteiger partial charge in [-0.2, -0.15) is 0 Å². The van der Waals surface area contributed by atoms with Crippen molar-refractivity contribution in [2.24, 2.45) is 10.9 Å². The second kappa shape index (κ2) is 10.0. The summed E-state index contributed by atoms with van der Waals surface area (Å²) in [5, 5.41) is 4.52. The molecule has 0 radical (unpaired) electrons. The molecular weight excluding hydrogens is 464 g/mol. The van der Waals surface area contributed by atoms with Gasteiger partial charge in [0.25, 0.3) is 0 Å². The van der Waals surface area contributed by atoms with Crippen LogP contribution in [0.15, 0.2) is 114 Å². The third-order valence-electron chi connectivity index (χ3n) is 7.10. The molecule has 0 spiro atoms. The molecule has 36 heavy (non-hydrogen) atoms. The number of rotatable bonds is 6. The first-order chi connectivity index (χ1) is 17.7. The van der Waals surface area contributed by atoms with Crippen molar-refractivity contribution in [3.63, 3.8) is 0 Å². The van der Waals surface area contributed by atoms with Crippen molar-refractivity contribution in [2.75, 3.05) is 5.32 Å². The van der Waals surface area contributed by atoms with E-state index in [-0.39, 0.29) is 0 Å². The summed E-state index contributed by atoms with van der Waals surface area (Å²) in [7, 11) is 0. The highest BCUT2D eigenvalue weighted by molar-refractivity contribution is 6.30. The molecule has 2 aliphatic rings. The third kappa shape index (κ3) is 4.67. The van der Waals surface area contributed by atoms with Crippen LogP contribution in [-0.2, 0) is 6.61 Å². The summed E-state index contributed by atoms with van der Waals surface area (Å²) in [6, 6.07) is 33.3. The maximum atomic E-state index is 6.07. The van der Waals surface area contributed by atoms with Gasteiger partial charge in [-0.1, -0.05) is 78.4 Å². The average molecular weight is 491 g/mol. The minimum absolute atomic E-state index is 0.292. The first kappa shape index (κ1) is 22.6. The Balaban J connectivity index is 1.17. The molecule has 6 rings (SSSR count). The van der Waals surface area contributed by atoms with Crippen molar-refractivity contribution in [3.8, 4) is 5.75 Å². The number of hydrogen-bond donors (Lipinski definition) is 1. The number of halogens is 1. The zero-order valence-electron chi connectivity index (χ0n) is 19.8. The number of anilines is 1. The van der Waals surface area contributed by atoms with E-state index in [0.717, 1.165) is 34.0 Å². The van der Waals surface area contributed by atoms with Crippen LogP contribution in [0.3, 0.4) is 0 Å². The molecule has 0 fully saturated rings. The molecule has 4 aromatic carbocycles. The Labute approximate surface area is 217 Å². The third-order valence-corrected chi connectivity index (χ3v) is 7.36. The summed E-state index contributed by atoms with van der Waals surface area (Å²) >= 11 is 5.99. The second-order valence-corrected chi connectivity index (χ2v) is 9.80. The molecular formula is C32H27ClN2O. The molecule has 178 valence electrons. The van der Waals surface area contributed by atoms with Gasteiger partial charge in [0.1, 0.15) is 12.4 Å². The standard InChI is InChI=1S/C32H27ClN2O/c33-25-16-12-22(13-17-25)21-36-31-11-4-1-6-24(31)20-34-26-18-14-23(15-19-26)32-29-9-5-8-27(29)28-7-2-3-10-30(28)35-32/h1-8,10-20,27,29,32,35H,9,21H2/t27-,29-,32+/m1/s1. The fraction of sp³-hybridized carbons (Fsp3) is 0.156. The number of hydrogen-bond acceptors (Lipinski definition) is 3. The fourth-order valence-electron chi connectivity index (χ4n) is 5.25. The molecule has 0 saturated carbocycles. The molecule has 3 nitrogen and oxygen atoms in total. The van der Waals surface area contributed by atoms with Gasteiger partial charge in [0.2, 0.25) is 0 Å². The molecule has 4 aromatic rings. The highest BCUT2D eigenvalue weighted by Gasteiger charge is 2.37. The smallest absolute Gasteiger partial charge is 0.128 e. The Bertz CT molecular complexity index is 1410. The molecule has 4 heteroatoms. The van der Waals surface area contributed by atoms with Crippen LogP contribution in [0.1, 0.15) is 40.6 Å². The first-order valence-corrected chi connectivity index (χ1v) is 12.7. The first-order valence-electron chi connectivity index (χ1n) is 12.4. The van der Waals surface area contributed by atoms with Gasteiger partial charge in [-0.25, -0.2) is 0 Å². The Morgan fingerprint density at radius 1 is 0.889 bits per heavy atom. The largest absolute Gasteiger partial charge is 0.488 e. The summed E-state index contributed by atoms with van der Waals surface area (Å²) in [6.45, 7) is 0.477. The normalized spacial score (nSPS) is 20.1. The van der Waals surface area contributed by atoms with Crippen LogP contribution in [0.5, 0.6) is 5.75 Å². The summed E-state index contributed by atoms with van der Waals surface area (Å²) in [5.41, 5.74) is 6.89. The van der Waals surface area contributed by atoms with Crippen molar-refractivity contribution >= 4 is 29.2 Å². The maximum absolute atomic E-state index is 6.07. The molecule has 1 heterocycles. The summed E-state index contributed by atoms with van der Waals surface area (Å²) in [6.07, 6.45) is 7.68. The Morgan fingerprint density at radius 2 is 1.67 bits per heavy atom. The van der Waals surface area contributed by atoms with E-state index in [4.69, 9.17) is 21.3 Å². The van der Waals surface area contributed by atoms with Crippen molar-refractivity contribution in [3.05, 3.63) is 136 Å². The Hall–Kier alpha value is -3.82. The second-order valence-electron chi connectivity index (χ2n) is 9.37. The van der Waals surface area contributed by atoms with E-state index in [0.29, 0.717) is 24.5 Å². The summed E-state index contributed by atoms with van der Waals surface area (Å²) in [5.74, 6) is 1.83. The lowest BCUT2D eigenvalue weighted by atomic mass is 9.77. The molecule has 0 bridgehead atoms. The number of para-hydroxylation sites is 2. The van der Waals surface area contributed by atoms with Crippen LogP contribution in [0, 0.1) is 5.92 Å². The summed E-state index contributed by atoms with van der Waals surface area (Å²) < 4.78 is 6.07. The quantitative estimate of drug-likeness (QED) is 0.217. The molecule has 0 saturated heterocycles. The van der Waals surface area contributed by atoms with Crippen LogP contribution in [-0.4, -0.2) is 6.21 Å². The highest BCUT2D eigenvalue weighted by Crippen LogP contribution is 2.49. The van der Waals surface area contributed by atoms with Crippen LogP contribution in [0.4, 0.5) is 11.4 Å². The number of aliphatic imine (C=N–C) groups is 1. The van der Waals surface area contributed by atoms with Crippen molar-refractivity contribution < 1.29 is 4.74 Å². The highest BCUT2D eigenvalue weighted by atomic mass is 35.5. The number of nitrogens with one attached hydrogen (secondary N) is 1. The van der Waals surface area contributed by atoms with E-state index in [9.17, 15) is 0 Å². The van der Waals surface area contributed by atoms with E-state index in [1.807, 2.05) is 54.7 Å². The maximum Gasteiger partial charge on any atom is 0.128 e. The van der Waals surface area contributed by atoms with Gasteiger partial charge in [-0.3, -0.25) is 4.99 Å². The zero-order valence-corrected chi connectivity index (χ0v) is 20.6.